The van der Waals surface area contributed by atoms with Gasteiger partial charge in [0.05, 0.1) is 12.7 Å². The maximum atomic E-state index is 11.2. The van der Waals surface area contributed by atoms with Gasteiger partial charge in [-0.15, -0.1) is 0 Å². The van der Waals surface area contributed by atoms with Crippen LogP contribution in [-0.2, 0) is 4.74 Å². The summed E-state index contributed by atoms with van der Waals surface area (Å²) in [5.41, 5.74) is 8.02. The minimum absolute atomic E-state index is 0.305. The molecule has 1 rings (SSSR count). The van der Waals surface area contributed by atoms with Gasteiger partial charge in [-0.25, -0.2) is 4.79 Å². The van der Waals surface area contributed by atoms with Crippen LogP contribution in [-0.4, -0.2) is 13.1 Å². The van der Waals surface area contributed by atoms with Gasteiger partial charge in [-0.05, 0) is 29.7 Å². The van der Waals surface area contributed by atoms with Gasteiger partial charge in [0.2, 0.25) is 0 Å². The number of carbonyl (C=O) groups excluding carboxylic acids is 1. The second kappa shape index (κ2) is 4.13. The summed E-state index contributed by atoms with van der Waals surface area (Å²) in [6.07, 6.45) is 0. The summed E-state index contributed by atoms with van der Waals surface area (Å²) in [6.45, 7) is 4.07. The number of anilines is 1. The van der Waals surface area contributed by atoms with E-state index in [1.165, 1.54) is 7.11 Å². The second-order valence-corrected chi connectivity index (χ2v) is 3.49. The maximum Gasteiger partial charge on any atom is 0.337 e. The van der Waals surface area contributed by atoms with Crippen molar-refractivity contribution >= 4 is 11.7 Å². The van der Waals surface area contributed by atoms with E-state index >= 15 is 0 Å². The fraction of sp³-hybridized carbons (Fsp3) is 0.364. The normalized spacial score (nSPS) is 10.3. The molecule has 2 N–H and O–H groups in total. The van der Waals surface area contributed by atoms with Crippen molar-refractivity contribution in [2.45, 2.75) is 19.8 Å². The van der Waals surface area contributed by atoms with Crippen LogP contribution in [0.1, 0.15) is 35.7 Å². The Morgan fingerprint density at radius 2 is 2.07 bits per heavy atom. The van der Waals surface area contributed by atoms with Gasteiger partial charge in [-0.1, -0.05) is 13.8 Å². The molecule has 0 bridgehead atoms. The highest BCUT2D eigenvalue weighted by Gasteiger charge is 2.10. The van der Waals surface area contributed by atoms with Gasteiger partial charge in [-0.3, -0.25) is 0 Å². The molecular weight excluding hydrogens is 178 g/mol. The number of ether oxygens (including phenoxy) is 1. The second-order valence-electron chi connectivity index (χ2n) is 3.49. The fourth-order valence-corrected chi connectivity index (χ4v) is 1.32. The summed E-state index contributed by atoms with van der Waals surface area (Å²) in [5, 5.41) is 0. The summed E-state index contributed by atoms with van der Waals surface area (Å²) in [7, 11) is 1.37. The molecule has 3 nitrogen and oxygen atoms in total. The average Bonchev–Trinajstić information content (AvgIpc) is 2.17. The number of carbonyl (C=O) groups is 1. The molecule has 76 valence electrons. The SMILES string of the molecule is COC(=O)c1ccc(N)c(C(C)C)c1. The quantitative estimate of drug-likeness (QED) is 0.578. The van der Waals surface area contributed by atoms with Gasteiger partial charge in [0.25, 0.3) is 0 Å². The van der Waals surface area contributed by atoms with Gasteiger partial charge < -0.3 is 10.5 Å². The van der Waals surface area contributed by atoms with Crippen molar-refractivity contribution < 1.29 is 9.53 Å². The van der Waals surface area contributed by atoms with E-state index in [0.717, 1.165) is 5.56 Å². The Hall–Kier alpha value is -1.51. The van der Waals surface area contributed by atoms with Crippen LogP contribution >= 0.6 is 0 Å². The van der Waals surface area contributed by atoms with Crippen LogP contribution in [0.15, 0.2) is 18.2 Å². The first-order chi connectivity index (χ1) is 6.56. The van der Waals surface area contributed by atoms with Crippen molar-refractivity contribution in [3.05, 3.63) is 29.3 Å². The van der Waals surface area contributed by atoms with E-state index in [1.54, 1.807) is 18.2 Å². The largest absolute Gasteiger partial charge is 0.465 e. The zero-order chi connectivity index (χ0) is 10.7. The number of rotatable bonds is 2. The first-order valence-corrected chi connectivity index (χ1v) is 4.54. The van der Waals surface area contributed by atoms with Gasteiger partial charge >= 0.3 is 5.97 Å². The molecule has 0 atom stereocenters. The third-order valence-electron chi connectivity index (χ3n) is 2.13. The van der Waals surface area contributed by atoms with Crippen LogP contribution in [0.2, 0.25) is 0 Å². The van der Waals surface area contributed by atoms with Crippen LogP contribution in [0, 0.1) is 0 Å². The van der Waals surface area contributed by atoms with Crippen molar-refractivity contribution in [3.63, 3.8) is 0 Å². The summed E-state index contributed by atoms with van der Waals surface area (Å²) >= 11 is 0. The smallest absolute Gasteiger partial charge is 0.337 e. The van der Waals surface area contributed by atoms with Crippen molar-refractivity contribution in [1.82, 2.24) is 0 Å². The standard InChI is InChI=1S/C11H15NO2/c1-7(2)9-6-8(11(13)14-3)4-5-10(9)12/h4-7H,12H2,1-3H3. The van der Waals surface area contributed by atoms with E-state index in [-0.39, 0.29) is 5.97 Å². The summed E-state index contributed by atoms with van der Waals surface area (Å²) in [4.78, 5) is 11.2. The van der Waals surface area contributed by atoms with E-state index in [2.05, 4.69) is 4.74 Å². The number of esters is 1. The predicted octanol–water partition coefficient (Wildman–Crippen LogP) is 2.18. The molecule has 0 aromatic heterocycles. The Bertz CT molecular complexity index is 345. The molecule has 0 aliphatic heterocycles. The summed E-state index contributed by atoms with van der Waals surface area (Å²) in [5.74, 6) is -0.0218. The Balaban J connectivity index is 3.13. The molecule has 0 heterocycles. The zero-order valence-electron chi connectivity index (χ0n) is 8.70. The lowest BCUT2D eigenvalue weighted by molar-refractivity contribution is 0.0600. The van der Waals surface area contributed by atoms with Crippen LogP contribution in [0.5, 0.6) is 0 Å². The van der Waals surface area contributed by atoms with E-state index in [4.69, 9.17) is 5.73 Å². The van der Waals surface area contributed by atoms with Crippen molar-refractivity contribution in [2.75, 3.05) is 12.8 Å². The number of hydrogen-bond donors (Lipinski definition) is 1. The first-order valence-electron chi connectivity index (χ1n) is 4.54. The van der Waals surface area contributed by atoms with Crippen molar-refractivity contribution in [3.8, 4) is 0 Å². The van der Waals surface area contributed by atoms with Crippen LogP contribution < -0.4 is 5.73 Å². The van der Waals surface area contributed by atoms with Crippen LogP contribution in [0.3, 0.4) is 0 Å². The third kappa shape index (κ3) is 2.05. The third-order valence-corrected chi connectivity index (χ3v) is 2.13. The average molecular weight is 193 g/mol. The first kappa shape index (κ1) is 10.6. The lowest BCUT2D eigenvalue weighted by Crippen LogP contribution is -2.04. The topological polar surface area (TPSA) is 52.3 Å². The van der Waals surface area contributed by atoms with Gasteiger partial charge in [0.1, 0.15) is 0 Å². The molecule has 1 aromatic carbocycles. The van der Waals surface area contributed by atoms with Crippen molar-refractivity contribution in [2.24, 2.45) is 0 Å². The molecule has 0 unspecified atom stereocenters. The highest BCUT2D eigenvalue weighted by Crippen LogP contribution is 2.23. The van der Waals surface area contributed by atoms with E-state index in [0.29, 0.717) is 17.2 Å². The van der Waals surface area contributed by atoms with Crippen LogP contribution in [0.4, 0.5) is 5.69 Å². The molecule has 0 saturated heterocycles. The monoisotopic (exact) mass is 193 g/mol. The molecule has 0 aliphatic carbocycles. The van der Waals surface area contributed by atoms with E-state index in [1.807, 2.05) is 13.8 Å². The van der Waals surface area contributed by atoms with Gasteiger partial charge in [0, 0.05) is 5.69 Å². The fourth-order valence-electron chi connectivity index (χ4n) is 1.32. The minimum atomic E-state index is -0.327. The molecule has 3 heteroatoms. The Labute approximate surface area is 83.9 Å². The lowest BCUT2D eigenvalue weighted by atomic mass is 9.99. The summed E-state index contributed by atoms with van der Waals surface area (Å²) in [6, 6.07) is 5.19. The van der Waals surface area contributed by atoms with Gasteiger partial charge in [-0.2, -0.15) is 0 Å². The number of methoxy groups -OCH3 is 1. The zero-order valence-corrected chi connectivity index (χ0v) is 8.70. The predicted molar refractivity (Wildman–Crippen MR) is 56.3 cm³/mol. The van der Waals surface area contributed by atoms with E-state index < -0.39 is 0 Å². The Kier molecular flexibility index (Phi) is 3.12. The summed E-state index contributed by atoms with van der Waals surface area (Å²) < 4.78 is 4.63. The molecule has 0 fully saturated rings. The molecule has 0 spiro atoms. The minimum Gasteiger partial charge on any atom is -0.465 e. The molecule has 0 radical (unpaired) electrons. The molecule has 0 saturated carbocycles. The highest BCUT2D eigenvalue weighted by molar-refractivity contribution is 5.90. The maximum absolute atomic E-state index is 11.2. The van der Waals surface area contributed by atoms with Crippen LogP contribution in [0.25, 0.3) is 0 Å². The van der Waals surface area contributed by atoms with Crippen molar-refractivity contribution in [1.29, 1.82) is 0 Å². The number of hydrogen-bond acceptors (Lipinski definition) is 3. The molecular formula is C11H15NO2. The Morgan fingerprint density at radius 1 is 1.43 bits per heavy atom. The number of benzene rings is 1. The lowest BCUT2D eigenvalue weighted by Gasteiger charge is -2.10. The number of nitrogens with two attached hydrogens (primary N) is 1. The molecule has 1 aromatic rings. The molecule has 0 amide bonds. The molecule has 14 heavy (non-hydrogen) atoms. The molecule has 0 aliphatic rings. The number of nitrogen functional groups attached to an aromatic ring is 1. The highest BCUT2D eigenvalue weighted by atomic mass is 16.5. The Morgan fingerprint density at radius 3 is 2.57 bits per heavy atom. The van der Waals surface area contributed by atoms with Gasteiger partial charge in [0.15, 0.2) is 0 Å². The van der Waals surface area contributed by atoms with E-state index in [9.17, 15) is 4.79 Å².